The second kappa shape index (κ2) is 4.31. The van der Waals surface area contributed by atoms with Crippen LogP contribution in [0.2, 0.25) is 0 Å². The van der Waals surface area contributed by atoms with Crippen molar-refractivity contribution in [2.24, 2.45) is 5.41 Å². The molecule has 0 aromatic heterocycles. The Balaban J connectivity index is 2.08. The van der Waals surface area contributed by atoms with Gasteiger partial charge in [-0.25, -0.2) is 13.1 Å². The first-order chi connectivity index (χ1) is 7.91. The summed E-state index contributed by atoms with van der Waals surface area (Å²) in [5.74, 6) is 0. The van der Waals surface area contributed by atoms with Crippen LogP contribution in [0.1, 0.15) is 26.2 Å². The van der Waals surface area contributed by atoms with Gasteiger partial charge in [-0.1, -0.05) is 19.4 Å². The maximum Gasteiger partial charge on any atom is 0.240 e. The molecule has 1 saturated carbocycles. The van der Waals surface area contributed by atoms with Crippen molar-refractivity contribution in [1.29, 1.82) is 0 Å². The van der Waals surface area contributed by atoms with Gasteiger partial charge in [-0.15, -0.1) is 0 Å². The molecule has 5 heteroatoms. The van der Waals surface area contributed by atoms with E-state index in [4.69, 9.17) is 5.73 Å². The summed E-state index contributed by atoms with van der Waals surface area (Å²) >= 11 is 0. The number of anilines is 1. The standard InChI is InChI=1S/C12H18N2O2S/c1-12(6-3-7-12)9-14-17(15,16)11-5-2-4-10(13)8-11/h2,4-5,8,14H,3,6-7,9,13H2,1H3. The van der Waals surface area contributed by atoms with Crippen molar-refractivity contribution in [3.63, 3.8) is 0 Å². The molecule has 1 aromatic rings. The van der Waals surface area contributed by atoms with Crippen LogP contribution in [-0.2, 0) is 10.0 Å². The largest absolute Gasteiger partial charge is 0.399 e. The van der Waals surface area contributed by atoms with Gasteiger partial charge in [0.2, 0.25) is 10.0 Å². The van der Waals surface area contributed by atoms with Gasteiger partial charge in [0, 0.05) is 12.2 Å². The molecule has 1 fully saturated rings. The Morgan fingerprint density at radius 1 is 1.41 bits per heavy atom. The highest BCUT2D eigenvalue weighted by Gasteiger charge is 2.32. The van der Waals surface area contributed by atoms with Crippen molar-refractivity contribution in [1.82, 2.24) is 4.72 Å². The van der Waals surface area contributed by atoms with Crippen molar-refractivity contribution in [2.75, 3.05) is 12.3 Å². The second-order valence-electron chi connectivity index (χ2n) is 5.06. The van der Waals surface area contributed by atoms with Crippen molar-refractivity contribution < 1.29 is 8.42 Å². The highest BCUT2D eigenvalue weighted by Crippen LogP contribution is 2.39. The second-order valence-corrected chi connectivity index (χ2v) is 6.83. The van der Waals surface area contributed by atoms with E-state index in [-0.39, 0.29) is 10.3 Å². The van der Waals surface area contributed by atoms with E-state index in [1.54, 1.807) is 18.2 Å². The van der Waals surface area contributed by atoms with Crippen LogP contribution in [0.25, 0.3) is 0 Å². The van der Waals surface area contributed by atoms with E-state index in [2.05, 4.69) is 11.6 Å². The molecular weight excluding hydrogens is 236 g/mol. The summed E-state index contributed by atoms with van der Waals surface area (Å²) in [6.45, 7) is 2.61. The molecule has 0 bridgehead atoms. The van der Waals surface area contributed by atoms with Gasteiger partial charge in [0.15, 0.2) is 0 Å². The van der Waals surface area contributed by atoms with Crippen molar-refractivity contribution in [2.45, 2.75) is 31.1 Å². The minimum absolute atomic E-state index is 0.132. The summed E-state index contributed by atoms with van der Waals surface area (Å²) in [6, 6.07) is 6.36. The Labute approximate surface area is 102 Å². The molecule has 0 aliphatic heterocycles. The molecule has 2 rings (SSSR count). The molecule has 4 nitrogen and oxygen atoms in total. The fraction of sp³-hybridized carbons (Fsp3) is 0.500. The van der Waals surface area contributed by atoms with Gasteiger partial charge < -0.3 is 5.73 Å². The van der Waals surface area contributed by atoms with Crippen LogP contribution in [-0.4, -0.2) is 15.0 Å². The SMILES string of the molecule is CC1(CNS(=O)(=O)c2cccc(N)c2)CCC1. The molecule has 94 valence electrons. The average molecular weight is 254 g/mol. The van der Waals surface area contributed by atoms with E-state index in [9.17, 15) is 8.42 Å². The van der Waals surface area contributed by atoms with Crippen LogP contribution in [0, 0.1) is 5.41 Å². The van der Waals surface area contributed by atoms with Gasteiger partial charge in [0.05, 0.1) is 4.90 Å². The molecule has 0 unspecified atom stereocenters. The Morgan fingerprint density at radius 3 is 2.65 bits per heavy atom. The molecular formula is C12H18N2O2S. The molecule has 1 aromatic carbocycles. The quantitative estimate of drug-likeness (QED) is 0.804. The molecule has 0 saturated heterocycles. The number of rotatable bonds is 4. The van der Waals surface area contributed by atoms with E-state index in [0.29, 0.717) is 12.2 Å². The summed E-state index contributed by atoms with van der Waals surface area (Å²) < 4.78 is 26.7. The minimum atomic E-state index is -3.42. The number of hydrogen-bond acceptors (Lipinski definition) is 3. The van der Waals surface area contributed by atoms with E-state index >= 15 is 0 Å². The first kappa shape index (κ1) is 12.4. The van der Waals surface area contributed by atoms with Gasteiger partial charge >= 0.3 is 0 Å². The zero-order valence-corrected chi connectivity index (χ0v) is 10.8. The Morgan fingerprint density at radius 2 is 2.12 bits per heavy atom. The van der Waals surface area contributed by atoms with Gasteiger partial charge in [-0.3, -0.25) is 0 Å². The Kier molecular flexibility index (Phi) is 3.14. The zero-order valence-electron chi connectivity index (χ0n) is 9.94. The first-order valence-electron chi connectivity index (χ1n) is 5.77. The number of hydrogen-bond donors (Lipinski definition) is 2. The summed E-state index contributed by atoms with van der Waals surface area (Å²) in [4.78, 5) is 0.237. The third-order valence-electron chi connectivity index (χ3n) is 3.42. The van der Waals surface area contributed by atoms with Crippen LogP contribution in [0.3, 0.4) is 0 Å². The molecule has 0 heterocycles. The lowest BCUT2D eigenvalue weighted by Gasteiger charge is -2.38. The van der Waals surface area contributed by atoms with E-state index in [0.717, 1.165) is 12.8 Å². The lowest BCUT2D eigenvalue weighted by atomic mass is 9.71. The Bertz CT molecular complexity index is 507. The van der Waals surface area contributed by atoms with E-state index in [1.807, 2.05) is 0 Å². The van der Waals surface area contributed by atoms with Crippen molar-refractivity contribution >= 4 is 15.7 Å². The van der Waals surface area contributed by atoms with Gasteiger partial charge in [-0.2, -0.15) is 0 Å². The fourth-order valence-electron chi connectivity index (χ4n) is 1.99. The summed E-state index contributed by atoms with van der Waals surface area (Å²) in [5, 5.41) is 0. The van der Waals surface area contributed by atoms with E-state index < -0.39 is 10.0 Å². The lowest BCUT2D eigenvalue weighted by molar-refractivity contribution is 0.166. The highest BCUT2D eigenvalue weighted by molar-refractivity contribution is 7.89. The topological polar surface area (TPSA) is 72.2 Å². The highest BCUT2D eigenvalue weighted by atomic mass is 32.2. The maximum atomic E-state index is 12.0. The predicted octanol–water partition coefficient (Wildman–Crippen LogP) is 1.74. The van der Waals surface area contributed by atoms with Crippen LogP contribution >= 0.6 is 0 Å². The number of sulfonamides is 1. The summed E-state index contributed by atoms with van der Waals surface area (Å²) in [5.41, 5.74) is 6.18. The Hall–Kier alpha value is -1.07. The number of nitrogens with two attached hydrogens (primary N) is 1. The third kappa shape index (κ3) is 2.79. The number of benzene rings is 1. The molecule has 1 aliphatic carbocycles. The van der Waals surface area contributed by atoms with Gasteiger partial charge in [0.1, 0.15) is 0 Å². The molecule has 0 spiro atoms. The van der Waals surface area contributed by atoms with Crippen LogP contribution in [0.4, 0.5) is 5.69 Å². The maximum absolute atomic E-state index is 12.0. The third-order valence-corrected chi connectivity index (χ3v) is 4.82. The van der Waals surface area contributed by atoms with Crippen LogP contribution < -0.4 is 10.5 Å². The smallest absolute Gasteiger partial charge is 0.240 e. The molecule has 17 heavy (non-hydrogen) atoms. The molecule has 1 aliphatic rings. The fourth-order valence-corrected chi connectivity index (χ4v) is 3.25. The number of nitrogens with one attached hydrogen (secondary N) is 1. The van der Waals surface area contributed by atoms with Crippen LogP contribution in [0.5, 0.6) is 0 Å². The van der Waals surface area contributed by atoms with Crippen LogP contribution in [0.15, 0.2) is 29.2 Å². The number of nitrogen functional groups attached to an aromatic ring is 1. The van der Waals surface area contributed by atoms with Crippen molar-refractivity contribution in [3.8, 4) is 0 Å². The monoisotopic (exact) mass is 254 g/mol. The minimum Gasteiger partial charge on any atom is -0.399 e. The molecule has 0 radical (unpaired) electrons. The predicted molar refractivity (Wildman–Crippen MR) is 68.0 cm³/mol. The summed E-state index contributed by atoms with van der Waals surface area (Å²) in [7, 11) is -3.42. The van der Waals surface area contributed by atoms with Gasteiger partial charge in [-0.05, 0) is 36.5 Å². The van der Waals surface area contributed by atoms with Crippen molar-refractivity contribution in [3.05, 3.63) is 24.3 Å². The van der Waals surface area contributed by atoms with Gasteiger partial charge in [0.25, 0.3) is 0 Å². The normalized spacial score (nSPS) is 18.6. The average Bonchev–Trinajstić information content (AvgIpc) is 2.24. The summed E-state index contributed by atoms with van der Waals surface area (Å²) in [6.07, 6.45) is 3.37. The molecule has 0 amide bonds. The molecule has 3 N–H and O–H groups in total. The molecule has 0 atom stereocenters. The lowest BCUT2D eigenvalue weighted by Crippen LogP contribution is -2.39. The van der Waals surface area contributed by atoms with E-state index in [1.165, 1.54) is 12.5 Å². The first-order valence-corrected chi connectivity index (χ1v) is 7.25. The zero-order chi connectivity index (χ0) is 12.5.